The monoisotopic (exact) mass is 441 g/mol. The molecule has 0 aliphatic heterocycles. The highest BCUT2D eigenvalue weighted by Crippen LogP contribution is 2.22. The lowest BCUT2D eigenvalue weighted by Gasteiger charge is -2.11. The van der Waals surface area contributed by atoms with Gasteiger partial charge in [-0.15, -0.1) is 21.5 Å². The van der Waals surface area contributed by atoms with Crippen LogP contribution in [0.1, 0.15) is 11.8 Å². The van der Waals surface area contributed by atoms with Crippen molar-refractivity contribution in [3.8, 4) is 11.4 Å². The van der Waals surface area contributed by atoms with Crippen LogP contribution >= 0.6 is 23.1 Å². The van der Waals surface area contributed by atoms with Crippen LogP contribution in [0.5, 0.6) is 5.75 Å². The predicted octanol–water partition coefficient (Wildman–Crippen LogP) is 2.75. The molecule has 8 nitrogen and oxygen atoms in total. The van der Waals surface area contributed by atoms with Crippen LogP contribution in [0.2, 0.25) is 0 Å². The van der Waals surface area contributed by atoms with Crippen LogP contribution in [0.25, 0.3) is 11.3 Å². The molecule has 0 spiro atoms. The number of carbonyl (C=O) groups excluding carboxylic acids is 1. The molecule has 4 rings (SSSR count). The summed E-state index contributed by atoms with van der Waals surface area (Å²) >= 11 is 2.85. The van der Waals surface area contributed by atoms with Crippen molar-refractivity contribution in [3.63, 3.8) is 0 Å². The van der Waals surface area contributed by atoms with E-state index in [2.05, 4.69) is 15.5 Å². The molecule has 3 aromatic heterocycles. The second-order valence-electron chi connectivity index (χ2n) is 6.41. The van der Waals surface area contributed by atoms with Gasteiger partial charge in [0, 0.05) is 23.3 Å². The smallest absolute Gasteiger partial charge is 0.300 e. The van der Waals surface area contributed by atoms with E-state index < -0.39 is 5.25 Å². The molecular weight excluding hydrogens is 422 g/mol. The Labute approximate surface area is 180 Å². The molecule has 0 unspecified atom stereocenters. The second kappa shape index (κ2) is 8.72. The Morgan fingerprint density at radius 1 is 1.27 bits per heavy atom. The number of rotatable bonds is 7. The Hall–Kier alpha value is -3.11. The van der Waals surface area contributed by atoms with Crippen molar-refractivity contribution in [2.45, 2.75) is 23.9 Å². The Morgan fingerprint density at radius 2 is 2.13 bits per heavy atom. The third kappa shape index (κ3) is 4.10. The van der Waals surface area contributed by atoms with E-state index in [-0.39, 0.29) is 17.1 Å². The summed E-state index contributed by atoms with van der Waals surface area (Å²) in [5.41, 5.74) is 0.550. The fraction of sp³-hybridized carbons (Fsp3) is 0.200. The number of methoxy groups -OCH3 is 1. The number of hydrogen-bond acceptors (Lipinski definition) is 7. The number of carbonyl (C=O) groups is 1. The molecule has 0 aliphatic carbocycles. The van der Waals surface area contributed by atoms with Crippen molar-refractivity contribution in [2.75, 3.05) is 7.11 Å². The summed E-state index contributed by atoms with van der Waals surface area (Å²) in [4.78, 5) is 26.4. The summed E-state index contributed by atoms with van der Waals surface area (Å²) in [6.45, 7) is 2.29. The first kappa shape index (κ1) is 20.2. The molecular formula is C20H19N5O3S2. The lowest BCUT2D eigenvalue weighted by molar-refractivity contribution is -0.120. The molecule has 1 amide bonds. The Balaban J connectivity index is 1.54. The molecule has 10 heteroatoms. The quantitative estimate of drug-likeness (QED) is 0.444. The third-order valence-corrected chi connectivity index (χ3v) is 6.37. The number of thioether (sulfide) groups is 1. The van der Waals surface area contributed by atoms with Crippen LogP contribution in [0, 0.1) is 0 Å². The maximum absolute atomic E-state index is 12.9. The fourth-order valence-electron chi connectivity index (χ4n) is 2.85. The molecule has 0 bridgehead atoms. The summed E-state index contributed by atoms with van der Waals surface area (Å²) in [5, 5.41) is 13.1. The van der Waals surface area contributed by atoms with Gasteiger partial charge in [0.1, 0.15) is 5.75 Å². The largest absolute Gasteiger partial charge is 0.497 e. The topological polar surface area (TPSA) is 90.5 Å². The van der Waals surface area contributed by atoms with Crippen molar-refractivity contribution < 1.29 is 9.53 Å². The molecule has 0 aliphatic rings. The summed E-state index contributed by atoms with van der Waals surface area (Å²) in [7, 11) is 1.57. The zero-order chi connectivity index (χ0) is 21.1. The minimum atomic E-state index is -0.391. The third-order valence-electron chi connectivity index (χ3n) is 4.44. The van der Waals surface area contributed by atoms with E-state index in [1.54, 1.807) is 48.2 Å². The number of ether oxygens (including phenoxy) is 1. The molecule has 4 aromatic rings. The summed E-state index contributed by atoms with van der Waals surface area (Å²) < 4.78 is 8.32. The molecule has 3 heterocycles. The number of aromatic nitrogens is 4. The first-order valence-corrected chi connectivity index (χ1v) is 10.9. The van der Waals surface area contributed by atoms with E-state index in [9.17, 15) is 9.59 Å². The van der Waals surface area contributed by atoms with E-state index in [0.717, 1.165) is 4.88 Å². The van der Waals surface area contributed by atoms with Gasteiger partial charge in [-0.2, -0.15) is 0 Å². The molecule has 1 N–H and O–H groups in total. The minimum Gasteiger partial charge on any atom is -0.497 e. The maximum Gasteiger partial charge on any atom is 0.300 e. The van der Waals surface area contributed by atoms with Crippen LogP contribution in [0.15, 0.2) is 64.1 Å². The van der Waals surface area contributed by atoms with Crippen LogP contribution in [-0.4, -0.2) is 37.4 Å². The molecule has 0 saturated carbocycles. The van der Waals surface area contributed by atoms with Crippen molar-refractivity contribution in [3.05, 3.63) is 69.4 Å². The van der Waals surface area contributed by atoms with Gasteiger partial charge in [0.25, 0.3) is 0 Å². The highest BCUT2D eigenvalue weighted by atomic mass is 32.2. The first-order chi connectivity index (χ1) is 14.6. The van der Waals surface area contributed by atoms with E-state index >= 15 is 0 Å². The lowest BCUT2D eigenvalue weighted by atomic mass is 10.3. The minimum absolute atomic E-state index is 0.102. The van der Waals surface area contributed by atoms with Crippen LogP contribution < -0.4 is 15.6 Å². The standard InChI is InChI=1S/C20H19N5O3S2/c1-13(18(26)21-12-16-7-4-10-29-16)30-20-23-22-17-19(27)24(8-9-25(17)20)14-5-3-6-15(11-14)28-2/h3-11,13H,12H2,1-2H3,(H,21,26)/t13-/m0/s1. The van der Waals surface area contributed by atoms with Gasteiger partial charge in [0.15, 0.2) is 5.16 Å². The number of fused-ring (bicyclic) bond motifs is 1. The van der Waals surface area contributed by atoms with Crippen molar-refractivity contribution in [2.24, 2.45) is 0 Å². The molecule has 1 aromatic carbocycles. The van der Waals surface area contributed by atoms with E-state index in [1.165, 1.54) is 16.3 Å². The van der Waals surface area contributed by atoms with Gasteiger partial charge < -0.3 is 10.1 Å². The normalized spacial score (nSPS) is 12.1. The molecule has 0 radical (unpaired) electrons. The molecule has 0 saturated heterocycles. The highest BCUT2D eigenvalue weighted by Gasteiger charge is 2.19. The van der Waals surface area contributed by atoms with Gasteiger partial charge in [-0.25, -0.2) is 0 Å². The average Bonchev–Trinajstić information content (AvgIpc) is 3.43. The Bertz CT molecular complexity index is 1230. The van der Waals surface area contributed by atoms with Crippen LogP contribution in [0.3, 0.4) is 0 Å². The fourth-order valence-corrected chi connectivity index (χ4v) is 4.35. The molecule has 0 fully saturated rings. The molecule has 30 heavy (non-hydrogen) atoms. The van der Waals surface area contributed by atoms with Crippen LogP contribution in [-0.2, 0) is 11.3 Å². The van der Waals surface area contributed by atoms with Gasteiger partial charge in [0.05, 0.1) is 24.6 Å². The Kier molecular flexibility index (Phi) is 5.86. The maximum atomic E-state index is 12.9. The van der Waals surface area contributed by atoms with Crippen molar-refractivity contribution >= 4 is 34.7 Å². The number of nitrogens with zero attached hydrogens (tertiary/aromatic N) is 4. The number of hydrogen-bond donors (Lipinski definition) is 1. The summed E-state index contributed by atoms with van der Waals surface area (Å²) in [6, 6.07) is 11.1. The number of thiophene rings is 1. The zero-order valence-electron chi connectivity index (χ0n) is 16.3. The predicted molar refractivity (Wildman–Crippen MR) is 117 cm³/mol. The van der Waals surface area contributed by atoms with Gasteiger partial charge in [-0.3, -0.25) is 18.6 Å². The lowest BCUT2D eigenvalue weighted by Crippen LogP contribution is -2.30. The summed E-state index contributed by atoms with van der Waals surface area (Å²) in [5.74, 6) is 0.550. The van der Waals surface area contributed by atoms with Gasteiger partial charge >= 0.3 is 5.56 Å². The van der Waals surface area contributed by atoms with Gasteiger partial charge in [-0.1, -0.05) is 23.9 Å². The zero-order valence-corrected chi connectivity index (χ0v) is 17.9. The summed E-state index contributed by atoms with van der Waals surface area (Å²) in [6.07, 6.45) is 3.37. The number of benzene rings is 1. The molecule has 1 atom stereocenters. The van der Waals surface area contributed by atoms with Crippen LogP contribution in [0.4, 0.5) is 0 Å². The second-order valence-corrected chi connectivity index (χ2v) is 8.75. The SMILES string of the molecule is COc1cccc(-n2ccn3c(S[C@@H](C)C(=O)NCc4cccs4)nnc3c2=O)c1. The number of nitrogens with one attached hydrogen (secondary N) is 1. The van der Waals surface area contributed by atoms with Crippen molar-refractivity contribution in [1.82, 2.24) is 24.5 Å². The first-order valence-electron chi connectivity index (χ1n) is 9.14. The van der Waals surface area contributed by atoms with Gasteiger partial charge in [-0.05, 0) is 30.5 Å². The number of amides is 1. The molecule has 154 valence electrons. The van der Waals surface area contributed by atoms with Crippen molar-refractivity contribution in [1.29, 1.82) is 0 Å². The average molecular weight is 442 g/mol. The van der Waals surface area contributed by atoms with E-state index in [1.807, 2.05) is 35.7 Å². The van der Waals surface area contributed by atoms with Gasteiger partial charge in [0.2, 0.25) is 11.6 Å². The van der Waals surface area contributed by atoms with E-state index in [0.29, 0.717) is 23.1 Å². The Morgan fingerprint density at radius 3 is 2.90 bits per heavy atom. The van der Waals surface area contributed by atoms with E-state index in [4.69, 9.17) is 4.74 Å². The highest BCUT2D eigenvalue weighted by molar-refractivity contribution is 8.00.